The Labute approximate surface area is 401 Å². The predicted molar refractivity (Wildman–Crippen MR) is 284 cm³/mol. The van der Waals surface area contributed by atoms with Crippen LogP contribution in [0.3, 0.4) is 0 Å². The predicted octanol–water partition coefficient (Wildman–Crippen LogP) is 14.9. The molecule has 0 N–H and O–H groups in total. The second kappa shape index (κ2) is 16.0. The van der Waals surface area contributed by atoms with Gasteiger partial charge in [0.05, 0.1) is 22.1 Å². The fourth-order valence-electron chi connectivity index (χ4n) is 10.2. The van der Waals surface area contributed by atoms with Crippen LogP contribution in [-0.4, -0.2) is 39.0 Å². The van der Waals surface area contributed by atoms with E-state index in [-0.39, 0.29) is 0 Å². The molecule has 0 saturated heterocycles. The molecule has 0 fully saturated rings. The minimum atomic E-state index is 0.550. The lowest BCUT2D eigenvalue weighted by molar-refractivity contribution is 0.953. The van der Waals surface area contributed by atoms with Gasteiger partial charge in [-0.25, -0.2) is 19.9 Å². The van der Waals surface area contributed by atoms with Crippen LogP contribution in [-0.2, 0) is 0 Å². The molecule has 14 rings (SSSR count). The van der Waals surface area contributed by atoms with Crippen molar-refractivity contribution in [2.75, 3.05) is 0 Å². The Morgan fingerprint density at radius 1 is 0.257 bits per heavy atom. The van der Waals surface area contributed by atoms with E-state index in [4.69, 9.17) is 29.9 Å². The first kappa shape index (κ1) is 39.5. The summed E-state index contributed by atoms with van der Waals surface area (Å²) in [6.07, 6.45) is 0. The molecule has 0 saturated carbocycles. The van der Waals surface area contributed by atoms with E-state index in [9.17, 15) is 0 Å². The summed E-state index contributed by atoms with van der Waals surface area (Å²) in [5, 5.41) is 9.28. The highest BCUT2D eigenvalue weighted by molar-refractivity contribution is 6.26. The summed E-state index contributed by atoms with van der Waals surface area (Å²) in [5.41, 5.74) is 9.78. The first-order valence-electron chi connectivity index (χ1n) is 23.4. The SMILES string of the molecule is c1ccc(-c2nc(-c3ccc(-n4c5ccccc5c5ccc6c(c7ccccc7n6-c6nc(-c7ccccc7)nc(-c7ccccc7)n6)c54)cc3)nc(-c3ccc4c(ccc5ccccc54)c3)n2)cc1. The summed E-state index contributed by atoms with van der Waals surface area (Å²) in [4.78, 5) is 30.8. The molecule has 0 bridgehead atoms. The highest BCUT2D eigenvalue weighted by atomic mass is 15.2. The highest BCUT2D eigenvalue weighted by Gasteiger charge is 2.23. The van der Waals surface area contributed by atoms with Gasteiger partial charge in [-0.05, 0) is 70.1 Å². The molecule has 14 aromatic rings. The smallest absolute Gasteiger partial charge is 0.238 e. The normalized spacial score (nSPS) is 11.7. The molecule has 10 aromatic carbocycles. The number of nitrogens with zero attached hydrogens (tertiary/aromatic N) is 8. The van der Waals surface area contributed by atoms with E-state index in [1.54, 1.807) is 0 Å². The lowest BCUT2D eigenvalue weighted by atomic mass is 10.00. The van der Waals surface area contributed by atoms with Gasteiger partial charge in [-0.2, -0.15) is 9.97 Å². The van der Waals surface area contributed by atoms with Gasteiger partial charge >= 0.3 is 0 Å². The maximum Gasteiger partial charge on any atom is 0.238 e. The van der Waals surface area contributed by atoms with Crippen molar-refractivity contribution in [3.8, 4) is 68.6 Å². The lowest BCUT2D eigenvalue weighted by Gasteiger charge is -2.12. The van der Waals surface area contributed by atoms with Crippen LogP contribution in [0.1, 0.15) is 0 Å². The molecule has 0 aliphatic heterocycles. The van der Waals surface area contributed by atoms with E-state index >= 15 is 0 Å². The zero-order chi connectivity index (χ0) is 46.1. The largest absolute Gasteiger partial charge is 0.309 e. The van der Waals surface area contributed by atoms with Gasteiger partial charge in [0.1, 0.15) is 0 Å². The number of benzene rings is 10. The second-order valence-corrected chi connectivity index (χ2v) is 17.5. The van der Waals surface area contributed by atoms with Crippen LogP contribution < -0.4 is 0 Å². The van der Waals surface area contributed by atoms with E-state index in [1.807, 2.05) is 91.0 Å². The fraction of sp³-hybridized carbons (Fsp3) is 0. The number of para-hydroxylation sites is 2. The van der Waals surface area contributed by atoms with Crippen molar-refractivity contribution in [2.45, 2.75) is 0 Å². The molecule has 326 valence electrons. The molecule has 0 atom stereocenters. The van der Waals surface area contributed by atoms with Crippen LogP contribution in [0.25, 0.3) is 134 Å². The number of rotatable bonds is 7. The van der Waals surface area contributed by atoms with Crippen LogP contribution >= 0.6 is 0 Å². The summed E-state index contributed by atoms with van der Waals surface area (Å²) in [5.74, 6) is 3.61. The lowest BCUT2D eigenvalue weighted by Crippen LogP contribution is -2.06. The van der Waals surface area contributed by atoms with E-state index in [1.165, 1.54) is 16.2 Å². The molecular weight excluding hydrogens is 857 g/mol. The van der Waals surface area contributed by atoms with Gasteiger partial charge in [0, 0.05) is 55.0 Å². The van der Waals surface area contributed by atoms with Gasteiger partial charge in [0.25, 0.3) is 0 Å². The zero-order valence-corrected chi connectivity index (χ0v) is 37.5. The van der Waals surface area contributed by atoms with E-state index in [2.05, 4.69) is 149 Å². The number of hydrogen-bond donors (Lipinski definition) is 0. The number of aromatic nitrogens is 8. The third-order valence-corrected chi connectivity index (χ3v) is 13.4. The topological polar surface area (TPSA) is 87.2 Å². The first-order valence-corrected chi connectivity index (χ1v) is 23.4. The van der Waals surface area contributed by atoms with Crippen LogP contribution in [0.15, 0.2) is 231 Å². The molecule has 70 heavy (non-hydrogen) atoms. The molecular formula is C62H38N8. The molecule has 0 amide bonds. The van der Waals surface area contributed by atoms with Gasteiger partial charge < -0.3 is 4.57 Å². The van der Waals surface area contributed by atoms with Gasteiger partial charge in [-0.1, -0.05) is 182 Å². The molecule has 4 heterocycles. The Morgan fingerprint density at radius 3 is 1.33 bits per heavy atom. The Balaban J connectivity index is 0.947. The van der Waals surface area contributed by atoms with Crippen molar-refractivity contribution in [1.29, 1.82) is 0 Å². The molecule has 0 radical (unpaired) electrons. The van der Waals surface area contributed by atoms with Gasteiger partial charge in [0.2, 0.25) is 5.95 Å². The van der Waals surface area contributed by atoms with Gasteiger partial charge in [-0.15, -0.1) is 0 Å². The molecule has 8 nitrogen and oxygen atoms in total. The summed E-state index contributed by atoms with van der Waals surface area (Å²) < 4.78 is 4.58. The maximum absolute atomic E-state index is 5.21. The second-order valence-electron chi connectivity index (χ2n) is 17.5. The molecule has 0 aliphatic carbocycles. The Morgan fingerprint density at radius 2 is 0.700 bits per heavy atom. The quantitative estimate of drug-likeness (QED) is 0.148. The molecule has 8 heteroatoms. The Hall–Kier alpha value is -9.66. The van der Waals surface area contributed by atoms with Crippen LogP contribution in [0.4, 0.5) is 0 Å². The van der Waals surface area contributed by atoms with Crippen molar-refractivity contribution < 1.29 is 0 Å². The maximum atomic E-state index is 5.21. The van der Waals surface area contributed by atoms with Gasteiger partial charge in [0.15, 0.2) is 29.1 Å². The molecule has 0 unspecified atom stereocenters. The number of hydrogen-bond acceptors (Lipinski definition) is 6. The average Bonchev–Trinajstić information content (AvgIpc) is 3.96. The van der Waals surface area contributed by atoms with Crippen LogP contribution in [0.5, 0.6) is 0 Å². The van der Waals surface area contributed by atoms with E-state index in [0.29, 0.717) is 35.1 Å². The average molecular weight is 895 g/mol. The van der Waals surface area contributed by atoms with Crippen LogP contribution in [0, 0.1) is 0 Å². The minimum Gasteiger partial charge on any atom is -0.309 e. The summed E-state index contributed by atoms with van der Waals surface area (Å²) in [6, 6.07) is 80.0. The summed E-state index contributed by atoms with van der Waals surface area (Å²) in [7, 11) is 0. The third-order valence-electron chi connectivity index (χ3n) is 13.4. The molecule has 0 aliphatic rings. The first-order chi connectivity index (χ1) is 34.7. The van der Waals surface area contributed by atoms with E-state index < -0.39 is 0 Å². The fourth-order valence-corrected chi connectivity index (χ4v) is 10.2. The Bertz CT molecular complexity index is 4280. The van der Waals surface area contributed by atoms with Crippen molar-refractivity contribution in [3.05, 3.63) is 231 Å². The monoisotopic (exact) mass is 894 g/mol. The van der Waals surface area contributed by atoms with Crippen LogP contribution in [0.2, 0.25) is 0 Å². The number of fused-ring (bicyclic) bond motifs is 10. The summed E-state index contributed by atoms with van der Waals surface area (Å²) >= 11 is 0. The van der Waals surface area contributed by atoms with E-state index in [0.717, 1.165) is 82.5 Å². The van der Waals surface area contributed by atoms with Crippen molar-refractivity contribution in [1.82, 2.24) is 39.0 Å². The Kier molecular flexibility index (Phi) is 9.03. The van der Waals surface area contributed by atoms with Crippen molar-refractivity contribution in [2.24, 2.45) is 0 Å². The van der Waals surface area contributed by atoms with Crippen molar-refractivity contribution in [3.63, 3.8) is 0 Å². The third kappa shape index (κ3) is 6.46. The van der Waals surface area contributed by atoms with Gasteiger partial charge in [-0.3, -0.25) is 4.57 Å². The standard InChI is InChI=1S/C62H38N8/c1-4-17-40(18-5-1)57-63-58(65-61(64-57)45-32-35-48-44(38-45)29-28-39-16-10-11-23-47(39)48)43-30-33-46(34-31-43)69-52-26-14-12-24-49(52)50-36-37-54-55(56(50)69)51-25-13-15-27-53(51)70(54)62-67-59(41-19-6-2-7-20-41)66-60(68-62)42-21-8-3-9-22-42/h1-38H. The molecule has 4 aromatic heterocycles. The highest BCUT2D eigenvalue weighted by Crippen LogP contribution is 2.42. The molecule has 0 spiro atoms. The zero-order valence-electron chi connectivity index (χ0n) is 37.5. The summed E-state index contributed by atoms with van der Waals surface area (Å²) in [6.45, 7) is 0. The minimum absolute atomic E-state index is 0.550. The van der Waals surface area contributed by atoms with Crippen molar-refractivity contribution >= 4 is 65.2 Å².